The Morgan fingerprint density at radius 2 is 1.52 bits per heavy atom. The van der Waals surface area contributed by atoms with Gasteiger partial charge in [0.1, 0.15) is 34.1 Å². The van der Waals surface area contributed by atoms with Crippen LogP contribution in [0.2, 0.25) is 5.15 Å². The minimum absolute atomic E-state index is 0.0211. The first kappa shape index (κ1) is 17.4. The number of fused-ring (bicyclic) bond motifs is 1. The summed E-state index contributed by atoms with van der Waals surface area (Å²) in [7, 11) is 0. The second-order valence-electron chi connectivity index (χ2n) is 5.77. The first-order valence-corrected chi connectivity index (χ1v) is 8.18. The third kappa shape index (κ3) is 3.02. The van der Waals surface area contributed by atoms with Crippen LogP contribution in [-0.2, 0) is 0 Å². The van der Waals surface area contributed by atoms with Gasteiger partial charge in [0.25, 0.3) is 0 Å². The summed E-state index contributed by atoms with van der Waals surface area (Å²) in [6.45, 7) is 0. The van der Waals surface area contributed by atoms with E-state index >= 15 is 0 Å². The van der Waals surface area contributed by atoms with Crippen molar-refractivity contribution in [2.75, 3.05) is 0 Å². The predicted molar refractivity (Wildman–Crippen MR) is 95.3 cm³/mol. The maximum atomic E-state index is 14.3. The van der Waals surface area contributed by atoms with E-state index in [1.165, 1.54) is 30.5 Å². The Morgan fingerprint density at radius 3 is 2.22 bits per heavy atom. The summed E-state index contributed by atoms with van der Waals surface area (Å²) >= 11 is 6.07. The standard InChI is InChI=1S/C20H9ClF4N2/c21-17-9-13(11-5-4-10(22)8-16(11)25)12-6-7-26-20(19(12)27-17)18-14(23)2-1-3-15(18)24/h1-9H. The van der Waals surface area contributed by atoms with Crippen LogP contribution in [-0.4, -0.2) is 9.97 Å². The fraction of sp³-hybridized carbons (Fsp3) is 0. The molecule has 0 amide bonds. The van der Waals surface area contributed by atoms with Gasteiger partial charge in [0, 0.05) is 23.2 Å². The van der Waals surface area contributed by atoms with Gasteiger partial charge < -0.3 is 0 Å². The van der Waals surface area contributed by atoms with Crippen LogP contribution >= 0.6 is 11.6 Å². The van der Waals surface area contributed by atoms with Gasteiger partial charge in [-0.05, 0) is 42.0 Å². The summed E-state index contributed by atoms with van der Waals surface area (Å²) < 4.78 is 56.1. The lowest BCUT2D eigenvalue weighted by Crippen LogP contribution is -1.97. The highest BCUT2D eigenvalue weighted by Gasteiger charge is 2.19. The second kappa shape index (κ2) is 6.63. The molecule has 0 N–H and O–H groups in total. The topological polar surface area (TPSA) is 25.8 Å². The smallest absolute Gasteiger partial charge is 0.135 e. The fourth-order valence-electron chi connectivity index (χ4n) is 2.96. The molecule has 0 aliphatic carbocycles. The van der Waals surface area contributed by atoms with Gasteiger partial charge in [-0.2, -0.15) is 0 Å². The van der Waals surface area contributed by atoms with Crippen molar-refractivity contribution >= 4 is 22.5 Å². The van der Waals surface area contributed by atoms with Gasteiger partial charge in [0.05, 0.1) is 11.1 Å². The highest BCUT2D eigenvalue weighted by Crippen LogP contribution is 2.36. The van der Waals surface area contributed by atoms with E-state index in [0.29, 0.717) is 10.9 Å². The Bertz CT molecular complexity index is 1170. The monoisotopic (exact) mass is 388 g/mol. The third-order valence-electron chi connectivity index (χ3n) is 4.12. The molecule has 0 saturated heterocycles. The molecule has 2 aromatic heterocycles. The molecule has 4 rings (SSSR count). The van der Waals surface area contributed by atoms with Gasteiger partial charge in [0.2, 0.25) is 0 Å². The van der Waals surface area contributed by atoms with E-state index in [2.05, 4.69) is 9.97 Å². The molecule has 0 fully saturated rings. The minimum Gasteiger partial charge on any atom is -0.254 e. The van der Waals surface area contributed by atoms with Crippen LogP contribution in [0.5, 0.6) is 0 Å². The van der Waals surface area contributed by atoms with Crippen molar-refractivity contribution in [3.8, 4) is 22.4 Å². The average molecular weight is 389 g/mol. The molecule has 0 spiro atoms. The Hall–Kier alpha value is -2.99. The van der Waals surface area contributed by atoms with E-state index in [1.807, 2.05) is 0 Å². The van der Waals surface area contributed by atoms with Crippen molar-refractivity contribution in [2.24, 2.45) is 0 Å². The normalized spacial score (nSPS) is 11.1. The molecule has 2 nitrogen and oxygen atoms in total. The molecule has 0 atom stereocenters. The first-order chi connectivity index (χ1) is 13.0. The molecule has 4 aromatic rings. The SMILES string of the molecule is Fc1ccc(-c2cc(Cl)nc3c(-c4c(F)cccc4F)nccc23)c(F)c1. The van der Waals surface area contributed by atoms with E-state index in [9.17, 15) is 17.6 Å². The van der Waals surface area contributed by atoms with E-state index in [1.54, 1.807) is 0 Å². The lowest BCUT2D eigenvalue weighted by molar-refractivity contribution is 0.585. The number of benzene rings is 2. The molecule has 0 aliphatic rings. The molecule has 0 unspecified atom stereocenters. The van der Waals surface area contributed by atoms with Crippen molar-refractivity contribution in [2.45, 2.75) is 0 Å². The highest BCUT2D eigenvalue weighted by atomic mass is 35.5. The summed E-state index contributed by atoms with van der Waals surface area (Å²) in [4.78, 5) is 8.20. The molecular weight excluding hydrogens is 380 g/mol. The van der Waals surface area contributed by atoms with Gasteiger partial charge >= 0.3 is 0 Å². The molecule has 27 heavy (non-hydrogen) atoms. The van der Waals surface area contributed by atoms with Gasteiger partial charge in [-0.15, -0.1) is 0 Å². The van der Waals surface area contributed by atoms with Crippen LogP contribution in [0.4, 0.5) is 17.6 Å². The molecule has 0 radical (unpaired) electrons. The van der Waals surface area contributed by atoms with Crippen molar-refractivity contribution in [1.82, 2.24) is 9.97 Å². The number of pyridine rings is 2. The maximum Gasteiger partial charge on any atom is 0.135 e. The van der Waals surface area contributed by atoms with Crippen LogP contribution in [0.1, 0.15) is 0 Å². The molecule has 2 heterocycles. The van der Waals surface area contributed by atoms with Crippen molar-refractivity contribution in [3.63, 3.8) is 0 Å². The average Bonchev–Trinajstić information content (AvgIpc) is 2.61. The molecule has 134 valence electrons. The van der Waals surface area contributed by atoms with Crippen LogP contribution in [0.3, 0.4) is 0 Å². The molecule has 0 saturated carbocycles. The van der Waals surface area contributed by atoms with Crippen LogP contribution in [0.25, 0.3) is 33.3 Å². The summed E-state index contributed by atoms with van der Waals surface area (Å²) in [5, 5.41) is 0.352. The number of rotatable bonds is 2. The van der Waals surface area contributed by atoms with Crippen LogP contribution in [0, 0.1) is 23.3 Å². The number of hydrogen-bond acceptors (Lipinski definition) is 2. The summed E-state index contributed by atoms with van der Waals surface area (Å²) in [6, 6.07) is 9.48. The Labute approximate surface area is 156 Å². The number of aromatic nitrogens is 2. The zero-order chi connectivity index (χ0) is 19.1. The van der Waals surface area contributed by atoms with E-state index in [-0.39, 0.29) is 27.5 Å². The summed E-state index contributed by atoms with van der Waals surface area (Å²) in [6.07, 6.45) is 1.34. The highest BCUT2D eigenvalue weighted by molar-refractivity contribution is 6.30. The molecule has 0 aliphatic heterocycles. The molecule has 0 bridgehead atoms. The lowest BCUT2D eigenvalue weighted by atomic mass is 9.99. The quantitative estimate of drug-likeness (QED) is 0.303. The molecule has 2 aromatic carbocycles. The Kier molecular flexibility index (Phi) is 4.28. The van der Waals surface area contributed by atoms with Gasteiger partial charge in [-0.3, -0.25) is 4.98 Å². The second-order valence-corrected chi connectivity index (χ2v) is 6.16. The van der Waals surface area contributed by atoms with E-state index in [0.717, 1.165) is 24.3 Å². The molecular formula is C20H9ClF4N2. The number of halogens is 5. The van der Waals surface area contributed by atoms with Crippen molar-refractivity contribution in [1.29, 1.82) is 0 Å². The van der Waals surface area contributed by atoms with Crippen molar-refractivity contribution in [3.05, 3.63) is 83.1 Å². The van der Waals surface area contributed by atoms with E-state index in [4.69, 9.17) is 11.6 Å². The predicted octanol–water partition coefficient (Wildman–Crippen LogP) is 6.17. The number of nitrogens with zero attached hydrogens (tertiary/aromatic N) is 2. The fourth-order valence-corrected chi connectivity index (χ4v) is 3.15. The zero-order valence-corrected chi connectivity index (χ0v) is 14.2. The zero-order valence-electron chi connectivity index (χ0n) is 13.5. The maximum absolute atomic E-state index is 14.3. The van der Waals surface area contributed by atoms with Gasteiger partial charge in [-0.25, -0.2) is 22.5 Å². The minimum atomic E-state index is -0.814. The van der Waals surface area contributed by atoms with Crippen molar-refractivity contribution < 1.29 is 17.6 Å². The summed E-state index contributed by atoms with van der Waals surface area (Å²) in [5.74, 6) is -3.15. The van der Waals surface area contributed by atoms with Gasteiger partial charge in [0.15, 0.2) is 0 Å². The lowest BCUT2D eigenvalue weighted by Gasteiger charge is -2.12. The Morgan fingerprint density at radius 1 is 0.778 bits per heavy atom. The van der Waals surface area contributed by atoms with Crippen LogP contribution < -0.4 is 0 Å². The first-order valence-electron chi connectivity index (χ1n) is 7.81. The number of hydrogen-bond donors (Lipinski definition) is 0. The van der Waals surface area contributed by atoms with Crippen LogP contribution in [0.15, 0.2) is 54.7 Å². The van der Waals surface area contributed by atoms with E-state index < -0.39 is 23.3 Å². The van der Waals surface area contributed by atoms with Gasteiger partial charge in [-0.1, -0.05) is 17.7 Å². The third-order valence-corrected chi connectivity index (χ3v) is 4.31. The molecule has 7 heteroatoms. The largest absolute Gasteiger partial charge is 0.254 e. The Balaban J connectivity index is 2.08. The summed E-state index contributed by atoms with van der Waals surface area (Å²) in [5.41, 5.74) is 0.0743.